The van der Waals surface area contributed by atoms with Crippen LogP contribution in [0.15, 0.2) is 22.7 Å². The van der Waals surface area contributed by atoms with Crippen molar-refractivity contribution in [3.63, 3.8) is 0 Å². The van der Waals surface area contributed by atoms with Crippen molar-refractivity contribution >= 4 is 27.5 Å². The van der Waals surface area contributed by atoms with Crippen LogP contribution in [0.25, 0.3) is 0 Å². The molecule has 104 valence electrons. The predicted octanol–water partition coefficient (Wildman–Crippen LogP) is 0.741. The molecular weight excluding hydrogens is 322 g/mol. The lowest BCUT2D eigenvalue weighted by molar-refractivity contribution is -0.386. The van der Waals surface area contributed by atoms with Gasteiger partial charge in [0.2, 0.25) is 11.9 Å². The maximum Gasteiger partial charge on any atom is 0.312 e. The number of hydrazine groups is 1. The highest BCUT2D eigenvalue weighted by molar-refractivity contribution is 9.10. The van der Waals surface area contributed by atoms with E-state index in [9.17, 15) is 14.9 Å². The van der Waals surface area contributed by atoms with E-state index in [1.165, 1.54) is 19.2 Å². The maximum absolute atomic E-state index is 11.5. The Morgan fingerprint density at radius 1 is 1.63 bits per heavy atom. The van der Waals surface area contributed by atoms with Gasteiger partial charge in [0.15, 0.2) is 0 Å². The molecule has 1 unspecified atom stereocenters. The SMILES string of the molecule is COCC(Oc1c(Br)cccc1[N+](=O)[O-])C(=O)NN. The van der Waals surface area contributed by atoms with Crippen molar-refractivity contribution in [2.45, 2.75) is 6.10 Å². The minimum atomic E-state index is -1.09. The number of amides is 1. The van der Waals surface area contributed by atoms with E-state index in [2.05, 4.69) is 15.9 Å². The van der Waals surface area contributed by atoms with Crippen molar-refractivity contribution in [1.29, 1.82) is 0 Å². The number of carbonyl (C=O) groups excluding carboxylic acids is 1. The molecule has 0 fully saturated rings. The fraction of sp³-hybridized carbons (Fsp3) is 0.300. The van der Waals surface area contributed by atoms with Gasteiger partial charge in [0.05, 0.1) is 16.0 Å². The largest absolute Gasteiger partial charge is 0.470 e. The summed E-state index contributed by atoms with van der Waals surface area (Å²) in [7, 11) is 1.37. The van der Waals surface area contributed by atoms with Crippen molar-refractivity contribution < 1.29 is 19.2 Å². The Bertz CT molecular complexity index is 482. The molecule has 1 aromatic carbocycles. The van der Waals surface area contributed by atoms with Crippen molar-refractivity contribution in [1.82, 2.24) is 5.43 Å². The summed E-state index contributed by atoms with van der Waals surface area (Å²) in [4.78, 5) is 21.8. The van der Waals surface area contributed by atoms with Crippen LogP contribution in [0.5, 0.6) is 5.75 Å². The van der Waals surface area contributed by atoms with E-state index >= 15 is 0 Å². The van der Waals surface area contributed by atoms with E-state index in [1.54, 1.807) is 6.07 Å². The summed E-state index contributed by atoms with van der Waals surface area (Å²) in [5.74, 6) is 4.31. The Balaban J connectivity index is 3.08. The molecule has 0 aliphatic carbocycles. The van der Waals surface area contributed by atoms with Crippen molar-refractivity contribution in [2.75, 3.05) is 13.7 Å². The number of nitro groups is 1. The van der Waals surface area contributed by atoms with E-state index in [4.69, 9.17) is 15.3 Å². The number of methoxy groups -OCH3 is 1. The fourth-order valence-corrected chi connectivity index (χ4v) is 1.76. The van der Waals surface area contributed by atoms with Crippen molar-refractivity contribution in [3.8, 4) is 5.75 Å². The third-order valence-electron chi connectivity index (χ3n) is 2.16. The smallest absolute Gasteiger partial charge is 0.312 e. The van der Waals surface area contributed by atoms with E-state index in [-0.39, 0.29) is 18.0 Å². The first-order valence-electron chi connectivity index (χ1n) is 5.10. The summed E-state index contributed by atoms with van der Waals surface area (Å²) in [6, 6.07) is 4.32. The van der Waals surface area contributed by atoms with Gasteiger partial charge in [-0.05, 0) is 22.0 Å². The number of hydrogen-bond donors (Lipinski definition) is 2. The van der Waals surface area contributed by atoms with Gasteiger partial charge < -0.3 is 9.47 Å². The van der Waals surface area contributed by atoms with Gasteiger partial charge in [-0.25, -0.2) is 5.84 Å². The molecule has 0 radical (unpaired) electrons. The molecule has 0 saturated carbocycles. The van der Waals surface area contributed by atoms with Gasteiger partial charge in [0, 0.05) is 13.2 Å². The highest BCUT2D eigenvalue weighted by Crippen LogP contribution is 2.35. The van der Waals surface area contributed by atoms with Gasteiger partial charge in [-0.1, -0.05) is 6.07 Å². The van der Waals surface area contributed by atoms with Gasteiger partial charge in [-0.3, -0.25) is 20.3 Å². The zero-order valence-corrected chi connectivity index (χ0v) is 11.5. The highest BCUT2D eigenvalue weighted by atomic mass is 79.9. The van der Waals surface area contributed by atoms with E-state index in [0.717, 1.165) is 0 Å². The molecule has 0 heterocycles. The summed E-state index contributed by atoms with van der Waals surface area (Å²) in [6.07, 6.45) is -1.09. The highest BCUT2D eigenvalue weighted by Gasteiger charge is 2.26. The number of rotatable bonds is 6. The first-order valence-corrected chi connectivity index (χ1v) is 5.89. The molecule has 9 heteroatoms. The van der Waals surface area contributed by atoms with E-state index in [0.29, 0.717) is 4.47 Å². The molecule has 1 amide bonds. The molecule has 19 heavy (non-hydrogen) atoms. The van der Waals surface area contributed by atoms with Gasteiger partial charge in [-0.15, -0.1) is 0 Å². The van der Waals surface area contributed by atoms with Crippen LogP contribution in [0.3, 0.4) is 0 Å². The number of ether oxygens (including phenoxy) is 2. The van der Waals surface area contributed by atoms with Crippen LogP contribution in [0.1, 0.15) is 0 Å². The molecular formula is C10H12BrN3O5. The van der Waals surface area contributed by atoms with Crippen LogP contribution in [0, 0.1) is 10.1 Å². The minimum absolute atomic E-state index is 0.0573. The van der Waals surface area contributed by atoms with Crippen LogP contribution in [0.2, 0.25) is 0 Å². The topological polar surface area (TPSA) is 117 Å². The molecule has 0 spiro atoms. The second kappa shape index (κ2) is 7.02. The Labute approximate surface area is 117 Å². The number of nitrogens with two attached hydrogens (primary N) is 1. The number of nitrogens with zero attached hydrogens (tertiary/aromatic N) is 1. The lowest BCUT2D eigenvalue weighted by Gasteiger charge is -2.17. The lowest BCUT2D eigenvalue weighted by Crippen LogP contribution is -2.44. The van der Waals surface area contributed by atoms with Gasteiger partial charge in [-0.2, -0.15) is 0 Å². The average molecular weight is 334 g/mol. The maximum atomic E-state index is 11.5. The molecule has 1 atom stereocenters. The summed E-state index contributed by atoms with van der Waals surface area (Å²) >= 11 is 3.13. The standard InChI is InChI=1S/C10H12BrN3O5/c1-18-5-8(10(15)13-12)19-9-6(11)3-2-4-7(9)14(16)17/h2-4,8H,5,12H2,1H3,(H,13,15). The number of para-hydroxylation sites is 1. The first kappa shape index (κ1) is 15.3. The van der Waals surface area contributed by atoms with Crippen molar-refractivity contribution in [2.24, 2.45) is 5.84 Å². The molecule has 0 aromatic heterocycles. The average Bonchev–Trinajstić information content (AvgIpc) is 2.38. The number of nitrogens with one attached hydrogen (secondary N) is 1. The number of benzene rings is 1. The summed E-state index contributed by atoms with van der Waals surface area (Å²) in [6.45, 7) is -0.0957. The van der Waals surface area contributed by atoms with E-state index in [1.807, 2.05) is 5.43 Å². The normalized spacial score (nSPS) is 11.7. The van der Waals surface area contributed by atoms with Crippen LogP contribution in [0.4, 0.5) is 5.69 Å². The predicted molar refractivity (Wildman–Crippen MR) is 69.4 cm³/mol. The monoisotopic (exact) mass is 333 g/mol. The molecule has 0 aliphatic rings. The van der Waals surface area contributed by atoms with Gasteiger partial charge in [0.1, 0.15) is 0 Å². The molecule has 0 aliphatic heterocycles. The molecule has 3 N–H and O–H groups in total. The van der Waals surface area contributed by atoms with Crippen LogP contribution in [-0.2, 0) is 9.53 Å². The molecule has 0 saturated heterocycles. The molecule has 1 rings (SSSR count). The van der Waals surface area contributed by atoms with Gasteiger partial charge >= 0.3 is 5.69 Å². The summed E-state index contributed by atoms with van der Waals surface area (Å²) in [5, 5.41) is 10.9. The first-order chi connectivity index (χ1) is 9.01. The second-order valence-corrected chi connectivity index (χ2v) is 4.27. The summed E-state index contributed by atoms with van der Waals surface area (Å²) in [5.41, 5.74) is 1.65. The van der Waals surface area contributed by atoms with Crippen LogP contribution < -0.4 is 16.0 Å². The van der Waals surface area contributed by atoms with Crippen LogP contribution in [-0.4, -0.2) is 30.7 Å². The summed E-state index contributed by atoms with van der Waals surface area (Å²) < 4.78 is 10.5. The quantitative estimate of drug-likeness (QED) is 0.343. The fourth-order valence-electron chi connectivity index (χ4n) is 1.31. The lowest BCUT2D eigenvalue weighted by atomic mass is 10.3. The third-order valence-corrected chi connectivity index (χ3v) is 2.78. The second-order valence-electron chi connectivity index (χ2n) is 3.42. The number of halogens is 1. The Kier molecular flexibility index (Phi) is 5.67. The zero-order chi connectivity index (χ0) is 14.4. The Morgan fingerprint density at radius 2 is 2.32 bits per heavy atom. The molecule has 1 aromatic rings. The zero-order valence-electron chi connectivity index (χ0n) is 9.96. The Hall–Kier alpha value is -1.71. The van der Waals surface area contributed by atoms with E-state index < -0.39 is 16.9 Å². The van der Waals surface area contributed by atoms with Crippen molar-refractivity contribution in [3.05, 3.63) is 32.8 Å². The molecule has 8 nitrogen and oxygen atoms in total. The number of hydrogen-bond acceptors (Lipinski definition) is 6. The Morgan fingerprint density at radius 3 is 2.84 bits per heavy atom. The minimum Gasteiger partial charge on any atom is -0.470 e. The number of carbonyl (C=O) groups is 1. The number of nitro benzene ring substituents is 1. The third kappa shape index (κ3) is 3.88. The molecule has 0 bridgehead atoms. The van der Waals surface area contributed by atoms with Gasteiger partial charge in [0.25, 0.3) is 5.91 Å². The van der Waals surface area contributed by atoms with Crippen LogP contribution >= 0.6 is 15.9 Å².